The van der Waals surface area contributed by atoms with E-state index in [1.807, 2.05) is 0 Å². The van der Waals surface area contributed by atoms with Gasteiger partial charge < -0.3 is 14.9 Å². The summed E-state index contributed by atoms with van der Waals surface area (Å²) in [6.45, 7) is 0. The van der Waals surface area contributed by atoms with Gasteiger partial charge in [-0.1, -0.05) is 33.6 Å². The van der Waals surface area contributed by atoms with Crippen molar-refractivity contribution in [2.75, 3.05) is 17.5 Å². The number of anilines is 1. The van der Waals surface area contributed by atoms with E-state index in [1.165, 1.54) is 49.6 Å². The maximum Gasteiger partial charge on any atom is 0.335 e. The number of aromatic hydroxyl groups is 1. The van der Waals surface area contributed by atoms with Crippen LogP contribution in [0.15, 0.2) is 54.1 Å². The van der Waals surface area contributed by atoms with Gasteiger partial charge in [0.1, 0.15) is 11.5 Å². The van der Waals surface area contributed by atoms with Crippen molar-refractivity contribution in [2.45, 2.75) is 28.5 Å². The number of methoxy groups -OCH3 is 1. The van der Waals surface area contributed by atoms with Gasteiger partial charge in [0.05, 0.1) is 35.7 Å². The van der Waals surface area contributed by atoms with E-state index in [2.05, 4.69) is 15.9 Å². The van der Waals surface area contributed by atoms with Crippen molar-refractivity contribution < 1.29 is 38.9 Å². The molecule has 2 aromatic carbocycles. The van der Waals surface area contributed by atoms with Crippen LogP contribution in [0.1, 0.15) is 34.7 Å². The van der Waals surface area contributed by atoms with Crippen LogP contribution >= 0.6 is 39.1 Å². The first-order chi connectivity index (χ1) is 19.9. The zero-order valence-electron chi connectivity index (χ0n) is 21.9. The first kappa shape index (κ1) is 28.7. The van der Waals surface area contributed by atoms with Gasteiger partial charge in [0.15, 0.2) is 9.75 Å². The Morgan fingerprint density at radius 1 is 1.07 bits per heavy atom. The van der Waals surface area contributed by atoms with Gasteiger partial charge in [0.2, 0.25) is 11.8 Å². The average molecular weight is 678 g/mol. The summed E-state index contributed by atoms with van der Waals surface area (Å²) in [5.74, 6) is -7.42. The third-order valence-corrected chi connectivity index (χ3v) is 10.8. The zero-order chi connectivity index (χ0) is 30.3. The molecule has 218 valence electrons. The molecule has 0 bridgehead atoms. The highest BCUT2D eigenvalue weighted by Gasteiger charge is 2.76. The van der Waals surface area contributed by atoms with Crippen molar-refractivity contribution in [1.82, 2.24) is 4.90 Å². The first-order valence-corrected chi connectivity index (χ1v) is 14.9. The van der Waals surface area contributed by atoms with Crippen LogP contribution in [0.4, 0.5) is 5.69 Å². The molecule has 2 N–H and O–H groups in total. The van der Waals surface area contributed by atoms with Crippen molar-refractivity contribution in [1.29, 1.82) is 0 Å². The molecule has 2 aliphatic heterocycles. The lowest BCUT2D eigenvalue weighted by molar-refractivity contribution is -0.138. The first-order valence-electron chi connectivity index (χ1n) is 13.0. The second-order valence-electron chi connectivity index (χ2n) is 10.8. The minimum Gasteiger partial charge on any atom is -0.508 e. The van der Waals surface area contributed by atoms with Crippen LogP contribution in [-0.2, 0) is 19.2 Å². The Morgan fingerprint density at radius 3 is 2.48 bits per heavy atom. The predicted octanol–water partition coefficient (Wildman–Crippen LogP) is 4.01. The molecule has 10 nitrogen and oxygen atoms in total. The number of carbonyl (C=O) groups is 5. The number of carbonyl (C=O) groups excluding carboxylic acids is 4. The van der Waals surface area contributed by atoms with Crippen molar-refractivity contribution in [3.05, 3.63) is 65.2 Å². The normalized spacial score (nSPS) is 32.0. The van der Waals surface area contributed by atoms with Gasteiger partial charge in [-0.3, -0.25) is 29.0 Å². The fraction of sp³-hybridized carbons (Fsp3) is 0.345. The Bertz CT molecular complexity index is 1630. The minimum absolute atomic E-state index is 0.0930. The number of amides is 4. The van der Waals surface area contributed by atoms with Crippen LogP contribution in [0.2, 0.25) is 0 Å². The van der Waals surface area contributed by atoms with Crippen LogP contribution in [0.5, 0.6) is 11.5 Å². The predicted molar refractivity (Wildman–Crippen MR) is 154 cm³/mol. The molecule has 0 radical (unpaired) electrons. The van der Waals surface area contributed by atoms with Crippen molar-refractivity contribution in [3.63, 3.8) is 0 Å². The number of benzene rings is 2. The van der Waals surface area contributed by atoms with Crippen LogP contribution in [0.25, 0.3) is 0 Å². The quantitative estimate of drug-likeness (QED) is 0.209. The standard InChI is InChI=1S/C29H23BrCl2N2O8/c1-42-15-5-8-20(35)18(10-15)22-16-6-7-17-21(19(16)11-28(31)26(40)33(12-30)27(41)29(22,28)32)24(37)34(23(17)36)14-4-2-3-13(9-14)25(38)39/h2-6,8-10,17,19,21-22,35H,7,11-12H2,1H3,(H,38,39). The lowest BCUT2D eigenvalue weighted by atomic mass is 9.56. The van der Waals surface area contributed by atoms with E-state index in [9.17, 15) is 34.2 Å². The Labute approximate surface area is 257 Å². The topological polar surface area (TPSA) is 142 Å². The number of phenolic OH excluding ortho intramolecular Hbond substituents is 1. The molecule has 0 spiro atoms. The molecule has 2 aliphatic carbocycles. The van der Waals surface area contributed by atoms with Crippen molar-refractivity contribution >= 4 is 74.4 Å². The Morgan fingerprint density at radius 2 is 1.81 bits per heavy atom. The number of nitrogens with zero attached hydrogens (tertiary/aromatic N) is 2. The number of carboxylic acid groups (broad SMARTS) is 1. The highest BCUT2D eigenvalue weighted by Crippen LogP contribution is 2.66. The Balaban J connectivity index is 1.52. The number of alkyl halides is 3. The van der Waals surface area contributed by atoms with Crippen LogP contribution < -0.4 is 9.64 Å². The second-order valence-corrected chi connectivity index (χ2v) is 12.5. The van der Waals surface area contributed by atoms with E-state index in [0.717, 1.165) is 9.80 Å². The van der Waals surface area contributed by atoms with E-state index in [0.29, 0.717) is 11.3 Å². The van der Waals surface area contributed by atoms with E-state index < -0.39 is 63.0 Å². The molecule has 1 saturated carbocycles. The third kappa shape index (κ3) is 3.66. The van der Waals surface area contributed by atoms with Crippen LogP contribution in [-0.4, -0.2) is 67.0 Å². The van der Waals surface area contributed by atoms with Crippen LogP contribution in [0.3, 0.4) is 0 Å². The number of allylic oxidation sites excluding steroid dienone is 2. The molecular weight excluding hydrogens is 655 g/mol. The summed E-state index contributed by atoms with van der Waals surface area (Å²) < 4.78 is 5.36. The van der Waals surface area contributed by atoms with E-state index >= 15 is 0 Å². The van der Waals surface area contributed by atoms with Gasteiger partial charge in [-0.05, 0) is 55.2 Å². The van der Waals surface area contributed by atoms with E-state index in [4.69, 9.17) is 27.9 Å². The summed E-state index contributed by atoms with van der Waals surface area (Å²) in [6.07, 6.45) is 1.64. The van der Waals surface area contributed by atoms with Gasteiger partial charge in [-0.15, -0.1) is 23.2 Å². The molecule has 6 atom stereocenters. The molecular formula is C29H23BrCl2N2O8. The number of hydrogen-bond donors (Lipinski definition) is 2. The Kier molecular flexibility index (Phi) is 6.71. The molecule has 0 aromatic heterocycles. The van der Waals surface area contributed by atoms with Crippen LogP contribution in [0, 0.1) is 17.8 Å². The summed E-state index contributed by atoms with van der Waals surface area (Å²) in [6, 6.07) is 9.94. The maximum atomic E-state index is 14.1. The fourth-order valence-electron chi connectivity index (χ4n) is 7.02. The third-order valence-electron chi connectivity index (χ3n) is 8.91. The summed E-state index contributed by atoms with van der Waals surface area (Å²) in [5, 5.41) is 20.5. The molecule has 2 saturated heterocycles. The molecule has 4 aliphatic rings. The summed E-state index contributed by atoms with van der Waals surface area (Å²) >= 11 is 17.5. The number of ether oxygens (including phenoxy) is 1. The number of halogens is 3. The molecule has 3 fully saturated rings. The number of imide groups is 2. The lowest BCUT2D eigenvalue weighted by Gasteiger charge is -2.50. The maximum absolute atomic E-state index is 14.1. The molecule has 6 unspecified atom stereocenters. The summed E-state index contributed by atoms with van der Waals surface area (Å²) in [7, 11) is 1.43. The molecule has 2 aromatic rings. The van der Waals surface area contributed by atoms with E-state index in [1.54, 1.807) is 6.08 Å². The number of rotatable bonds is 5. The number of aromatic carboxylic acids is 1. The highest BCUT2D eigenvalue weighted by atomic mass is 79.9. The van der Waals surface area contributed by atoms with Gasteiger partial charge >= 0.3 is 5.97 Å². The lowest BCUT2D eigenvalue weighted by Crippen LogP contribution is -2.60. The van der Waals surface area contributed by atoms with Crippen molar-refractivity contribution in [3.8, 4) is 11.5 Å². The number of carboxylic acids is 1. The van der Waals surface area contributed by atoms with Gasteiger partial charge in [0, 0.05) is 11.5 Å². The largest absolute Gasteiger partial charge is 0.508 e. The highest BCUT2D eigenvalue weighted by molar-refractivity contribution is 9.09. The number of fused-ring (bicyclic) bond motifs is 4. The molecule has 13 heteroatoms. The monoisotopic (exact) mass is 676 g/mol. The fourth-order valence-corrected chi connectivity index (χ4v) is 8.44. The van der Waals surface area contributed by atoms with Gasteiger partial charge in [0.25, 0.3) is 11.8 Å². The average Bonchev–Trinajstić information content (AvgIpc) is 3.31. The smallest absolute Gasteiger partial charge is 0.335 e. The molecule has 6 rings (SSSR count). The van der Waals surface area contributed by atoms with Gasteiger partial charge in [-0.25, -0.2) is 4.79 Å². The molecule has 2 heterocycles. The summed E-state index contributed by atoms with van der Waals surface area (Å²) in [4.78, 5) is 64.6. The second kappa shape index (κ2) is 9.82. The Hall–Kier alpha value is -3.41. The van der Waals surface area contributed by atoms with E-state index in [-0.39, 0.29) is 40.9 Å². The molecule has 4 amide bonds. The number of likely N-dealkylation sites (tertiary alicyclic amines) is 1. The van der Waals surface area contributed by atoms with Crippen molar-refractivity contribution in [2.24, 2.45) is 17.8 Å². The number of hydrogen-bond acceptors (Lipinski definition) is 7. The SMILES string of the molecule is COc1ccc(O)c(C2C3=CCC4C(=O)N(c5cccc(C(=O)O)c5)C(=O)C4C3CC3(Cl)C(=O)N(CBr)C(=O)C23Cl)c1. The number of phenols is 1. The summed E-state index contributed by atoms with van der Waals surface area (Å²) in [5.41, 5.74) is 0.536. The molecule has 42 heavy (non-hydrogen) atoms. The minimum atomic E-state index is -2.07. The van der Waals surface area contributed by atoms with Gasteiger partial charge in [-0.2, -0.15) is 0 Å². The zero-order valence-corrected chi connectivity index (χ0v) is 25.0.